The smallest absolute Gasteiger partial charge is 0.228 e. The molecule has 4 heteroatoms. The fourth-order valence-corrected chi connectivity index (χ4v) is 2.15. The number of rotatable bonds is 3. The van der Waals surface area contributed by atoms with Crippen LogP contribution in [0.4, 0.5) is 0 Å². The molecule has 4 nitrogen and oxygen atoms in total. The Balaban J connectivity index is 2.72. The Bertz CT molecular complexity index is 247. The van der Waals surface area contributed by atoms with Crippen molar-refractivity contribution < 1.29 is 14.6 Å². The molecule has 0 aliphatic carbocycles. The quantitative estimate of drug-likeness (QED) is 0.786. The number of amides is 1. The maximum Gasteiger partial charge on any atom is 0.228 e. The van der Waals surface area contributed by atoms with Gasteiger partial charge in [0.05, 0.1) is 6.10 Å². The SMILES string of the molecule is CO[C@H]1C[C@@H](CCO)N(C(=O)C(C)(C)C)C1. The molecule has 0 radical (unpaired) electrons. The minimum atomic E-state index is -0.365. The van der Waals surface area contributed by atoms with Crippen LogP contribution < -0.4 is 0 Å². The molecule has 94 valence electrons. The highest BCUT2D eigenvalue weighted by Crippen LogP contribution is 2.28. The van der Waals surface area contributed by atoms with Gasteiger partial charge < -0.3 is 14.7 Å². The number of likely N-dealkylation sites (tertiary alicyclic amines) is 1. The van der Waals surface area contributed by atoms with Crippen LogP contribution in [0.3, 0.4) is 0 Å². The summed E-state index contributed by atoms with van der Waals surface area (Å²) in [6.07, 6.45) is 1.59. The van der Waals surface area contributed by atoms with Crippen molar-refractivity contribution in [2.45, 2.75) is 45.8 Å². The minimum absolute atomic E-state index is 0.114. The minimum Gasteiger partial charge on any atom is -0.396 e. The number of ether oxygens (including phenoxy) is 1. The maximum atomic E-state index is 12.2. The number of methoxy groups -OCH3 is 1. The third-order valence-electron chi connectivity index (χ3n) is 3.07. The first-order chi connectivity index (χ1) is 7.40. The van der Waals surface area contributed by atoms with Gasteiger partial charge >= 0.3 is 0 Å². The highest BCUT2D eigenvalue weighted by atomic mass is 16.5. The highest BCUT2D eigenvalue weighted by molar-refractivity contribution is 5.82. The van der Waals surface area contributed by atoms with E-state index >= 15 is 0 Å². The average Bonchev–Trinajstić information content (AvgIpc) is 2.59. The molecule has 1 heterocycles. The van der Waals surface area contributed by atoms with E-state index in [1.165, 1.54) is 0 Å². The highest BCUT2D eigenvalue weighted by Gasteiger charge is 2.38. The Morgan fingerprint density at radius 2 is 2.12 bits per heavy atom. The van der Waals surface area contributed by atoms with E-state index in [4.69, 9.17) is 9.84 Å². The van der Waals surface area contributed by atoms with Gasteiger partial charge in [-0.25, -0.2) is 0 Å². The fraction of sp³-hybridized carbons (Fsp3) is 0.917. The van der Waals surface area contributed by atoms with Gasteiger partial charge in [0.25, 0.3) is 0 Å². The van der Waals surface area contributed by atoms with E-state index in [0.29, 0.717) is 13.0 Å². The molecule has 0 unspecified atom stereocenters. The van der Waals surface area contributed by atoms with Crippen LogP contribution in [0.1, 0.15) is 33.6 Å². The zero-order valence-electron chi connectivity index (χ0n) is 10.7. The number of carbonyl (C=O) groups is 1. The molecule has 1 rings (SSSR count). The number of hydrogen-bond donors (Lipinski definition) is 1. The zero-order chi connectivity index (χ0) is 12.3. The molecule has 0 bridgehead atoms. The third-order valence-corrected chi connectivity index (χ3v) is 3.07. The van der Waals surface area contributed by atoms with Gasteiger partial charge in [0.1, 0.15) is 0 Å². The topological polar surface area (TPSA) is 49.8 Å². The predicted molar refractivity (Wildman–Crippen MR) is 62.1 cm³/mol. The van der Waals surface area contributed by atoms with E-state index < -0.39 is 0 Å². The summed E-state index contributed by atoms with van der Waals surface area (Å²) in [6, 6.07) is 0.127. The van der Waals surface area contributed by atoms with E-state index in [9.17, 15) is 4.79 Å². The van der Waals surface area contributed by atoms with Gasteiger partial charge in [0.2, 0.25) is 5.91 Å². The van der Waals surface area contributed by atoms with Crippen LogP contribution in [0.2, 0.25) is 0 Å². The molecule has 16 heavy (non-hydrogen) atoms. The number of nitrogens with zero attached hydrogens (tertiary/aromatic N) is 1. The Hall–Kier alpha value is -0.610. The first kappa shape index (κ1) is 13.5. The molecule has 0 spiro atoms. The number of carbonyl (C=O) groups excluding carboxylic acids is 1. The van der Waals surface area contributed by atoms with Gasteiger partial charge in [-0.05, 0) is 12.8 Å². The summed E-state index contributed by atoms with van der Waals surface area (Å²) in [4.78, 5) is 14.1. The van der Waals surface area contributed by atoms with E-state index in [2.05, 4.69) is 0 Å². The van der Waals surface area contributed by atoms with E-state index in [1.807, 2.05) is 25.7 Å². The summed E-state index contributed by atoms with van der Waals surface area (Å²) in [7, 11) is 1.67. The van der Waals surface area contributed by atoms with Crippen LogP contribution in [0.5, 0.6) is 0 Å². The zero-order valence-corrected chi connectivity index (χ0v) is 10.7. The molecule has 1 aliphatic heterocycles. The lowest BCUT2D eigenvalue weighted by Crippen LogP contribution is -2.43. The third kappa shape index (κ3) is 2.95. The summed E-state index contributed by atoms with van der Waals surface area (Å²) in [5, 5.41) is 9.01. The lowest BCUT2D eigenvalue weighted by molar-refractivity contribution is -0.140. The lowest BCUT2D eigenvalue weighted by atomic mass is 9.94. The molecule has 0 aromatic carbocycles. The second kappa shape index (κ2) is 5.15. The molecule has 1 saturated heterocycles. The van der Waals surface area contributed by atoms with Crippen LogP contribution in [0.15, 0.2) is 0 Å². The molecule has 2 atom stereocenters. The molecular formula is C12H23NO3. The summed E-state index contributed by atoms with van der Waals surface area (Å²) in [5.74, 6) is 0.144. The van der Waals surface area contributed by atoms with Crippen molar-refractivity contribution >= 4 is 5.91 Å². The fourth-order valence-electron chi connectivity index (χ4n) is 2.15. The van der Waals surface area contributed by atoms with Gasteiger partial charge in [-0.3, -0.25) is 4.79 Å². The van der Waals surface area contributed by atoms with Crippen molar-refractivity contribution in [2.75, 3.05) is 20.3 Å². The second-order valence-electron chi connectivity index (χ2n) is 5.47. The molecule has 1 aliphatic rings. The van der Waals surface area contributed by atoms with Crippen LogP contribution in [0, 0.1) is 5.41 Å². The van der Waals surface area contributed by atoms with Crippen LogP contribution in [-0.4, -0.2) is 48.3 Å². The van der Waals surface area contributed by atoms with E-state index in [1.54, 1.807) is 7.11 Å². The normalized spacial score (nSPS) is 26.2. The molecule has 0 aromatic heterocycles. The number of aliphatic hydroxyl groups is 1. The van der Waals surface area contributed by atoms with Crippen LogP contribution in [-0.2, 0) is 9.53 Å². The average molecular weight is 229 g/mol. The first-order valence-corrected chi connectivity index (χ1v) is 5.85. The van der Waals surface area contributed by atoms with Crippen molar-refractivity contribution in [1.29, 1.82) is 0 Å². The predicted octanol–water partition coefficient (Wildman–Crippen LogP) is 1.03. The Labute approximate surface area is 97.6 Å². The van der Waals surface area contributed by atoms with E-state index in [0.717, 1.165) is 6.42 Å². The summed E-state index contributed by atoms with van der Waals surface area (Å²) in [6.45, 7) is 6.54. The summed E-state index contributed by atoms with van der Waals surface area (Å²) in [5.41, 5.74) is -0.365. The van der Waals surface area contributed by atoms with Crippen LogP contribution in [0.25, 0.3) is 0 Å². The Kier molecular flexibility index (Phi) is 4.33. The van der Waals surface area contributed by atoms with Gasteiger partial charge in [0.15, 0.2) is 0 Å². The Morgan fingerprint density at radius 3 is 2.56 bits per heavy atom. The molecule has 1 N–H and O–H groups in total. The summed E-state index contributed by atoms with van der Waals surface area (Å²) < 4.78 is 5.31. The largest absolute Gasteiger partial charge is 0.396 e. The molecule has 1 amide bonds. The second-order valence-corrected chi connectivity index (χ2v) is 5.47. The van der Waals surface area contributed by atoms with Gasteiger partial charge in [-0.1, -0.05) is 20.8 Å². The van der Waals surface area contributed by atoms with Crippen molar-refractivity contribution in [3.63, 3.8) is 0 Å². The van der Waals surface area contributed by atoms with Crippen LogP contribution >= 0.6 is 0 Å². The Morgan fingerprint density at radius 1 is 1.50 bits per heavy atom. The van der Waals surface area contributed by atoms with Gasteiger partial charge in [0, 0.05) is 31.7 Å². The molecular weight excluding hydrogens is 206 g/mol. The van der Waals surface area contributed by atoms with E-state index in [-0.39, 0.29) is 30.1 Å². The molecule has 0 saturated carbocycles. The summed E-state index contributed by atoms with van der Waals surface area (Å²) >= 11 is 0. The maximum absolute atomic E-state index is 12.2. The standard InChI is InChI=1S/C12H23NO3/c1-12(2,3)11(15)13-8-10(16-4)7-9(13)5-6-14/h9-10,14H,5-8H2,1-4H3/t9-,10+/m1/s1. The monoisotopic (exact) mass is 229 g/mol. The van der Waals surface area contributed by atoms with Gasteiger partial charge in [-0.2, -0.15) is 0 Å². The van der Waals surface area contributed by atoms with Crippen molar-refractivity contribution in [3.8, 4) is 0 Å². The molecule has 0 aromatic rings. The number of aliphatic hydroxyl groups excluding tert-OH is 1. The lowest BCUT2D eigenvalue weighted by Gasteiger charge is -2.30. The van der Waals surface area contributed by atoms with Crippen molar-refractivity contribution in [2.24, 2.45) is 5.41 Å². The first-order valence-electron chi connectivity index (χ1n) is 5.85. The van der Waals surface area contributed by atoms with Crippen molar-refractivity contribution in [3.05, 3.63) is 0 Å². The van der Waals surface area contributed by atoms with Crippen molar-refractivity contribution in [1.82, 2.24) is 4.90 Å². The van der Waals surface area contributed by atoms with Gasteiger partial charge in [-0.15, -0.1) is 0 Å². The molecule has 1 fully saturated rings. The number of hydrogen-bond acceptors (Lipinski definition) is 3.